The first-order chi connectivity index (χ1) is 8.93. The van der Waals surface area contributed by atoms with Crippen LogP contribution in [0.4, 0.5) is 0 Å². The molecule has 1 aromatic carbocycles. The summed E-state index contributed by atoms with van der Waals surface area (Å²) >= 11 is 0. The van der Waals surface area contributed by atoms with Crippen LogP contribution in [-0.4, -0.2) is 25.8 Å². The number of fused-ring (bicyclic) bond motifs is 1. The average molecular weight is 280 g/mol. The van der Waals surface area contributed by atoms with Crippen LogP contribution in [0.15, 0.2) is 24.3 Å². The van der Waals surface area contributed by atoms with Crippen LogP contribution >= 0.6 is 0 Å². The zero-order chi connectivity index (χ0) is 14.0. The van der Waals surface area contributed by atoms with Crippen LogP contribution in [0.25, 0.3) is 0 Å². The molecule has 2 atom stereocenters. The maximum Gasteiger partial charge on any atom is 0.321 e. The third kappa shape index (κ3) is 2.89. The monoisotopic (exact) mass is 280 g/mol. The zero-order valence-corrected chi connectivity index (χ0v) is 12.2. The number of hydrogen-bond acceptors (Lipinski definition) is 2. The van der Waals surface area contributed by atoms with Gasteiger partial charge < -0.3 is 5.11 Å². The van der Waals surface area contributed by atoms with E-state index in [1.807, 2.05) is 12.1 Å². The third-order valence-electron chi connectivity index (χ3n) is 3.93. The minimum absolute atomic E-state index is 0.226. The summed E-state index contributed by atoms with van der Waals surface area (Å²) in [5.74, 6) is -0.324. The van der Waals surface area contributed by atoms with Crippen molar-refractivity contribution in [3.63, 3.8) is 0 Å². The van der Waals surface area contributed by atoms with E-state index < -0.39 is 21.5 Å². The summed E-state index contributed by atoms with van der Waals surface area (Å²) in [4.78, 5) is 11.2. The van der Waals surface area contributed by atoms with Gasteiger partial charge in [0.1, 0.15) is 4.75 Å². The van der Waals surface area contributed by atoms with Gasteiger partial charge in [-0.3, -0.25) is 9.00 Å². The van der Waals surface area contributed by atoms with Gasteiger partial charge in [-0.15, -0.1) is 0 Å². The highest BCUT2D eigenvalue weighted by Gasteiger charge is 2.36. The number of aryl methyl sites for hydroxylation is 1. The summed E-state index contributed by atoms with van der Waals surface area (Å²) in [6, 6.07) is 8.23. The maximum atomic E-state index is 12.3. The van der Waals surface area contributed by atoms with E-state index in [9.17, 15) is 9.00 Å². The van der Waals surface area contributed by atoms with E-state index in [4.69, 9.17) is 5.11 Å². The summed E-state index contributed by atoms with van der Waals surface area (Å²) in [6.45, 7) is 3.08. The molecule has 1 aliphatic carbocycles. The Hall–Kier alpha value is -1.16. The Morgan fingerprint density at radius 3 is 2.79 bits per heavy atom. The minimum Gasteiger partial charge on any atom is -0.480 e. The summed E-state index contributed by atoms with van der Waals surface area (Å²) < 4.78 is 11.1. The lowest BCUT2D eigenvalue weighted by Crippen LogP contribution is -2.39. The van der Waals surface area contributed by atoms with Gasteiger partial charge in [-0.2, -0.15) is 0 Å². The molecule has 3 nitrogen and oxygen atoms in total. The number of carboxylic acid groups (broad SMARTS) is 1. The zero-order valence-electron chi connectivity index (χ0n) is 11.4. The Kier molecular flexibility index (Phi) is 4.09. The molecule has 4 heteroatoms. The van der Waals surface area contributed by atoms with E-state index in [1.165, 1.54) is 11.1 Å². The fourth-order valence-corrected chi connectivity index (χ4v) is 3.84. The van der Waals surface area contributed by atoms with Crippen LogP contribution in [0.5, 0.6) is 0 Å². The summed E-state index contributed by atoms with van der Waals surface area (Å²) in [5.41, 5.74) is 2.58. The molecule has 104 valence electrons. The van der Waals surface area contributed by atoms with Gasteiger partial charge in [0.25, 0.3) is 0 Å². The molecule has 0 radical (unpaired) electrons. The van der Waals surface area contributed by atoms with E-state index in [0.29, 0.717) is 5.75 Å². The molecule has 19 heavy (non-hydrogen) atoms. The fraction of sp³-hybridized carbons (Fsp3) is 0.533. The standard InChI is InChI=1S/C15H20O3S/c1-15(2,14(16)17)19(18)10-12-8-5-7-11-6-3-4-9-13(11)12/h3-4,6,9,12H,5,7-8,10H2,1-2H3,(H,16,17). The quantitative estimate of drug-likeness (QED) is 0.922. The molecule has 2 unspecified atom stereocenters. The molecule has 0 aromatic heterocycles. The van der Waals surface area contributed by atoms with Crippen LogP contribution in [0.3, 0.4) is 0 Å². The molecule has 0 fully saturated rings. The first kappa shape index (κ1) is 14.3. The number of rotatable bonds is 4. The van der Waals surface area contributed by atoms with Crippen molar-refractivity contribution in [2.45, 2.75) is 43.8 Å². The van der Waals surface area contributed by atoms with Crippen LogP contribution in [0, 0.1) is 0 Å². The predicted molar refractivity (Wildman–Crippen MR) is 76.8 cm³/mol. The number of carbonyl (C=O) groups is 1. The molecule has 2 rings (SSSR count). The van der Waals surface area contributed by atoms with Gasteiger partial charge in [-0.05, 0) is 50.2 Å². The molecule has 1 aliphatic rings. The summed E-state index contributed by atoms with van der Waals surface area (Å²) in [6.07, 6.45) is 3.16. The van der Waals surface area contributed by atoms with Gasteiger partial charge in [0.2, 0.25) is 0 Å². The number of aliphatic carboxylic acids is 1. The summed E-state index contributed by atoms with van der Waals surface area (Å²) in [5, 5.41) is 9.14. The fourth-order valence-electron chi connectivity index (χ4n) is 2.52. The molecule has 0 aliphatic heterocycles. The van der Waals surface area contributed by atoms with Gasteiger partial charge in [0.05, 0.1) is 0 Å². The van der Waals surface area contributed by atoms with Crippen molar-refractivity contribution in [1.82, 2.24) is 0 Å². The van der Waals surface area contributed by atoms with Crippen molar-refractivity contribution < 1.29 is 14.1 Å². The van der Waals surface area contributed by atoms with Crippen molar-refractivity contribution >= 4 is 16.8 Å². The highest BCUT2D eigenvalue weighted by atomic mass is 32.2. The molecule has 0 heterocycles. The van der Waals surface area contributed by atoms with Crippen molar-refractivity contribution in [1.29, 1.82) is 0 Å². The lowest BCUT2D eigenvalue weighted by Gasteiger charge is -2.28. The Morgan fingerprint density at radius 1 is 1.42 bits per heavy atom. The van der Waals surface area contributed by atoms with Gasteiger partial charge >= 0.3 is 5.97 Å². The maximum absolute atomic E-state index is 12.3. The first-order valence-corrected chi connectivity index (χ1v) is 7.94. The predicted octanol–water partition coefficient (Wildman–Crippen LogP) is 2.72. The largest absolute Gasteiger partial charge is 0.480 e. The van der Waals surface area contributed by atoms with E-state index in [-0.39, 0.29) is 5.92 Å². The molecule has 0 saturated carbocycles. The van der Waals surface area contributed by atoms with Crippen LogP contribution in [0.1, 0.15) is 43.7 Å². The highest BCUT2D eigenvalue weighted by Crippen LogP contribution is 2.33. The van der Waals surface area contributed by atoms with E-state index in [1.54, 1.807) is 13.8 Å². The first-order valence-electron chi connectivity index (χ1n) is 6.62. The van der Waals surface area contributed by atoms with Crippen LogP contribution in [0.2, 0.25) is 0 Å². The third-order valence-corrected chi connectivity index (χ3v) is 5.95. The number of carboxylic acids is 1. The van der Waals surface area contributed by atoms with Gasteiger partial charge in [-0.25, -0.2) is 0 Å². The lowest BCUT2D eigenvalue weighted by molar-refractivity contribution is -0.139. The number of benzene rings is 1. The molecule has 1 N–H and O–H groups in total. The second kappa shape index (κ2) is 5.45. The van der Waals surface area contributed by atoms with Crippen LogP contribution < -0.4 is 0 Å². The van der Waals surface area contributed by atoms with E-state index >= 15 is 0 Å². The van der Waals surface area contributed by atoms with Gasteiger partial charge in [0, 0.05) is 16.6 Å². The molecule has 0 saturated heterocycles. The Bertz CT molecular complexity index is 508. The number of hydrogen-bond donors (Lipinski definition) is 1. The molecule has 0 amide bonds. The molecular weight excluding hydrogens is 260 g/mol. The Balaban J connectivity index is 2.18. The molecule has 0 bridgehead atoms. The van der Waals surface area contributed by atoms with Crippen molar-refractivity contribution in [2.24, 2.45) is 0 Å². The van der Waals surface area contributed by atoms with Crippen molar-refractivity contribution in [3.8, 4) is 0 Å². The highest BCUT2D eigenvalue weighted by molar-refractivity contribution is 7.87. The Morgan fingerprint density at radius 2 is 2.11 bits per heavy atom. The SMILES string of the molecule is CC(C)(C(=O)O)S(=O)CC1CCCc2ccccc21. The minimum atomic E-state index is -1.36. The molecule has 0 spiro atoms. The Labute approximate surface area is 116 Å². The smallest absolute Gasteiger partial charge is 0.321 e. The molecule has 1 aromatic rings. The molecular formula is C15H20O3S. The summed E-state index contributed by atoms with van der Waals surface area (Å²) in [7, 11) is -1.36. The van der Waals surface area contributed by atoms with Gasteiger partial charge in [0.15, 0.2) is 0 Å². The second-order valence-electron chi connectivity index (χ2n) is 5.62. The van der Waals surface area contributed by atoms with Gasteiger partial charge in [-0.1, -0.05) is 24.3 Å². The normalized spacial score (nSPS) is 20.6. The van der Waals surface area contributed by atoms with E-state index in [0.717, 1.165) is 19.3 Å². The van der Waals surface area contributed by atoms with Crippen molar-refractivity contribution in [3.05, 3.63) is 35.4 Å². The van der Waals surface area contributed by atoms with Crippen LogP contribution in [-0.2, 0) is 22.0 Å². The van der Waals surface area contributed by atoms with E-state index in [2.05, 4.69) is 12.1 Å². The van der Waals surface area contributed by atoms with Crippen molar-refractivity contribution in [2.75, 3.05) is 5.75 Å². The average Bonchev–Trinajstić information content (AvgIpc) is 2.39. The topological polar surface area (TPSA) is 54.4 Å². The second-order valence-corrected chi connectivity index (χ2v) is 7.66. The lowest BCUT2D eigenvalue weighted by atomic mass is 9.84.